The number of halogens is 3. The number of rotatable bonds is 6. The molecule has 0 aromatic heterocycles. The molecule has 0 unspecified atom stereocenters. The van der Waals surface area contributed by atoms with Crippen LogP contribution in [0.2, 0.25) is 0 Å². The summed E-state index contributed by atoms with van der Waals surface area (Å²) in [4.78, 5) is 23.8. The zero-order valence-electron chi connectivity index (χ0n) is 13.9. The molecule has 9 heteroatoms. The van der Waals surface area contributed by atoms with Crippen LogP contribution < -0.4 is 20.1 Å². The van der Waals surface area contributed by atoms with Gasteiger partial charge in [-0.3, -0.25) is 9.59 Å². The zero-order chi connectivity index (χ0) is 19.3. The van der Waals surface area contributed by atoms with E-state index in [9.17, 15) is 22.8 Å². The fourth-order valence-corrected chi connectivity index (χ4v) is 2.06. The van der Waals surface area contributed by atoms with Gasteiger partial charge in [0.05, 0.1) is 25.6 Å². The number of benzene rings is 2. The predicted octanol–water partition coefficient (Wildman–Crippen LogP) is 3.09. The molecular weight excluding hydrogens is 353 g/mol. The van der Waals surface area contributed by atoms with E-state index in [-0.39, 0.29) is 0 Å². The smallest absolute Gasteiger partial charge is 0.233 e. The zero-order valence-corrected chi connectivity index (χ0v) is 13.9. The monoisotopic (exact) mass is 368 g/mol. The Hall–Kier alpha value is -3.23. The van der Waals surface area contributed by atoms with Crippen LogP contribution in [-0.4, -0.2) is 26.0 Å². The molecule has 0 radical (unpaired) electrons. The first kappa shape index (κ1) is 19.1. The van der Waals surface area contributed by atoms with Crippen LogP contribution in [0.15, 0.2) is 30.3 Å². The highest BCUT2D eigenvalue weighted by molar-refractivity contribution is 6.08. The molecule has 0 fully saturated rings. The fraction of sp³-hybridized carbons (Fsp3) is 0.176. The number of methoxy groups -OCH3 is 2. The van der Waals surface area contributed by atoms with Gasteiger partial charge < -0.3 is 20.1 Å². The molecule has 0 atom stereocenters. The second-order valence-electron chi connectivity index (χ2n) is 5.06. The molecule has 0 aliphatic heterocycles. The molecule has 0 spiro atoms. The topological polar surface area (TPSA) is 76.7 Å². The summed E-state index contributed by atoms with van der Waals surface area (Å²) >= 11 is 0. The lowest BCUT2D eigenvalue weighted by Crippen LogP contribution is -2.22. The van der Waals surface area contributed by atoms with E-state index in [1.165, 1.54) is 26.4 Å². The molecule has 0 saturated heterocycles. The van der Waals surface area contributed by atoms with Crippen LogP contribution in [0.4, 0.5) is 24.5 Å². The Morgan fingerprint density at radius 2 is 1.50 bits per heavy atom. The minimum absolute atomic E-state index is 0.296. The normalized spacial score (nSPS) is 10.2. The van der Waals surface area contributed by atoms with Crippen molar-refractivity contribution >= 4 is 23.2 Å². The number of amides is 2. The Morgan fingerprint density at radius 1 is 0.885 bits per heavy atom. The molecule has 138 valence electrons. The van der Waals surface area contributed by atoms with E-state index < -0.39 is 41.4 Å². The molecule has 26 heavy (non-hydrogen) atoms. The number of carbonyl (C=O) groups is 2. The number of hydrogen-bond acceptors (Lipinski definition) is 4. The molecule has 2 aromatic rings. The second kappa shape index (κ2) is 8.24. The van der Waals surface area contributed by atoms with Crippen molar-refractivity contribution in [2.75, 3.05) is 24.9 Å². The summed E-state index contributed by atoms with van der Waals surface area (Å²) in [6.45, 7) is 0. The number of anilines is 2. The molecule has 0 aliphatic carbocycles. The van der Waals surface area contributed by atoms with Gasteiger partial charge in [0.25, 0.3) is 0 Å². The minimum Gasteiger partial charge on any atom is -0.497 e. The highest BCUT2D eigenvalue weighted by atomic mass is 19.2. The van der Waals surface area contributed by atoms with Crippen LogP contribution in [-0.2, 0) is 9.59 Å². The van der Waals surface area contributed by atoms with Crippen LogP contribution in [0.5, 0.6) is 11.5 Å². The van der Waals surface area contributed by atoms with Crippen molar-refractivity contribution < 1.29 is 32.2 Å². The molecule has 0 heterocycles. The van der Waals surface area contributed by atoms with Crippen molar-refractivity contribution in [1.82, 2.24) is 0 Å². The van der Waals surface area contributed by atoms with Gasteiger partial charge in [-0.15, -0.1) is 0 Å². The third kappa shape index (κ3) is 4.44. The van der Waals surface area contributed by atoms with Gasteiger partial charge in [0.2, 0.25) is 11.8 Å². The average molecular weight is 368 g/mol. The summed E-state index contributed by atoms with van der Waals surface area (Å²) in [6.07, 6.45) is -0.673. The summed E-state index contributed by atoms with van der Waals surface area (Å²) in [5.41, 5.74) is -0.270. The van der Waals surface area contributed by atoms with Crippen LogP contribution in [0, 0.1) is 17.5 Å². The van der Waals surface area contributed by atoms with E-state index in [2.05, 4.69) is 5.32 Å². The Labute approximate surface area is 146 Å². The fourth-order valence-electron chi connectivity index (χ4n) is 2.06. The summed E-state index contributed by atoms with van der Waals surface area (Å²) < 4.78 is 49.6. The molecular formula is C17H15F3N2O4. The Balaban J connectivity index is 2.02. The lowest BCUT2D eigenvalue weighted by molar-refractivity contribution is -0.123. The van der Waals surface area contributed by atoms with E-state index in [4.69, 9.17) is 9.47 Å². The number of ether oxygens (including phenoxy) is 2. The Morgan fingerprint density at radius 3 is 2.12 bits per heavy atom. The van der Waals surface area contributed by atoms with E-state index in [1.54, 1.807) is 6.07 Å². The maximum atomic E-state index is 13.5. The van der Waals surface area contributed by atoms with Gasteiger partial charge in [-0.25, -0.2) is 13.2 Å². The van der Waals surface area contributed by atoms with Crippen LogP contribution in [0.1, 0.15) is 6.42 Å². The minimum atomic E-state index is -1.71. The third-order valence-electron chi connectivity index (χ3n) is 3.31. The largest absolute Gasteiger partial charge is 0.497 e. The van der Waals surface area contributed by atoms with Crippen LogP contribution >= 0.6 is 0 Å². The van der Waals surface area contributed by atoms with Crippen molar-refractivity contribution in [1.29, 1.82) is 0 Å². The highest BCUT2D eigenvalue weighted by Crippen LogP contribution is 2.29. The molecule has 0 bridgehead atoms. The van der Waals surface area contributed by atoms with Gasteiger partial charge in [-0.2, -0.15) is 0 Å². The molecule has 6 nitrogen and oxygen atoms in total. The van der Waals surface area contributed by atoms with Gasteiger partial charge in [0.1, 0.15) is 17.9 Å². The lowest BCUT2D eigenvalue weighted by atomic mass is 10.2. The number of nitrogens with one attached hydrogen (secondary N) is 2. The number of hydrogen-bond donors (Lipinski definition) is 2. The van der Waals surface area contributed by atoms with Gasteiger partial charge in [-0.1, -0.05) is 0 Å². The SMILES string of the molecule is COc1ccc(NC(=O)CC(=O)Nc2ccc(F)c(F)c2F)c(OC)c1. The molecule has 2 rings (SSSR count). The van der Waals surface area contributed by atoms with E-state index in [0.717, 1.165) is 6.07 Å². The molecule has 2 amide bonds. The van der Waals surface area contributed by atoms with Crippen molar-refractivity contribution in [3.8, 4) is 11.5 Å². The van der Waals surface area contributed by atoms with Crippen molar-refractivity contribution in [3.63, 3.8) is 0 Å². The van der Waals surface area contributed by atoms with E-state index >= 15 is 0 Å². The predicted molar refractivity (Wildman–Crippen MR) is 87.7 cm³/mol. The van der Waals surface area contributed by atoms with Gasteiger partial charge in [0, 0.05) is 6.07 Å². The molecule has 0 saturated carbocycles. The molecule has 2 aromatic carbocycles. The summed E-state index contributed by atoms with van der Waals surface area (Å²) in [7, 11) is 2.86. The maximum Gasteiger partial charge on any atom is 0.233 e. The van der Waals surface area contributed by atoms with Crippen molar-refractivity contribution in [2.45, 2.75) is 6.42 Å². The van der Waals surface area contributed by atoms with Gasteiger partial charge in [-0.05, 0) is 24.3 Å². The van der Waals surface area contributed by atoms with Crippen molar-refractivity contribution in [2.24, 2.45) is 0 Å². The molecule has 2 N–H and O–H groups in total. The maximum absolute atomic E-state index is 13.5. The third-order valence-corrected chi connectivity index (χ3v) is 3.31. The second-order valence-corrected chi connectivity index (χ2v) is 5.06. The van der Waals surface area contributed by atoms with E-state index in [0.29, 0.717) is 23.3 Å². The highest BCUT2D eigenvalue weighted by Gasteiger charge is 2.17. The first-order valence-corrected chi connectivity index (χ1v) is 7.31. The van der Waals surface area contributed by atoms with Crippen LogP contribution in [0.3, 0.4) is 0 Å². The van der Waals surface area contributed by atoms with E-state index in [1.807, 2.05) is 5.32 Å². The molecule has 0 aliphatic rings. The van der Waals surface area contributed by atoms with Crippen LogP contribution in [0.25, 0.3) is 0 Å². The van der Waals surface area contributed by atoms with Crippen molar-refractivity contribution in [3.05, 3.63) is 47.8 Å². The summed E-state index contributed by atoms with van der Waals surface area (Å²) in [5.74, 6) is -5.44. The summed E-state index contributed by atoms with van der Waals surface area (Å²) in [5, 5.41) is 4.47. The quantitative estimate of drug-likeness (QED) is 0.607. The Kier molecular flexibility index (Phi) is 6.05. The lowest BCUT2D eigenvalue weighted by Gasteiger charge is -2.12. The number of carbonyl (C=O) groups excluding carboxylic acids is 2. The first-order valence-electron chi connectivity index (χ1n) is 7.31. The van der Waals surface area contributed by atoms with Gasteiger partial charge in [0.15, 0.2) is 17.5 Å². The average Bonchev–Trinajstić information content (AvgIpc) is 2.62. The Bertz CT molecular complexity index is 843. The first-order chi connectivity index (χ1) is 12.3. The summed E-state index contributed by atoms with van der Waals surface area (Å²) in [6, 6.07) is 6.15. The standard InChI is InChI=1S/C17H15F3N2O4/c1-25-9-3-5-11(13(7-9)26-2)21-14(23)8-15(24)22-12-6-4-10(18)16(19)17(12)20/h3-7H,8H2,1-2H3,(H,21,23)(H,22,24). The van der Waals surface area contributed by atoms with Gasteiger partial charge >= 0.3 is 0 Å².